The first kappa shape index (κ1) is 11.2. The zero-order chi connectivity index (χ0) is 9.56. The Morgan fingerprint density at radius 2 is 2.08 bits per heavy atom. The van der Waals surface area contributed by atoms with Crippen molar-refractivity contribution < 1.29 is 9.53 Å². The first-order chi connectivity index (χ1) is 5.57. The van der Waals surface area contributed by atoms with E-state index in [1.807, 2.05) is 19.9 Å². The molecular formula is C10H18O2. The van der Waals surface area contributed by atoms with Gasteiger partial charge < -0.3 is 4.74 Å². The quantitative estimate of drug-likeness (QED) is 0.479. The topological polar surface area (TPSA) is 26.3 Å². The molecule has 0 saturated heterocycles. The molecule has 12 heavy (non-hydrogen) atoms. The van der Waals surface area contributed by atoms with E-state index in [4.69, 9.17) is 4.74 Å². The van der Waals surface area contributed by atoms with Crippen molar-refractivity contribution >= 4 is 5.97 Å². The summed E-state index contributed by atoms with van der Waals surface area (Å²) in [7, 11) is 0. The van der Waals surface area contributed by atoms with Gasteiger partial charge in [-0.05, 0) is 27.2 Å². The van der Waals surface area contributed by atoms with E-state index >= 15 is 0 Å². The molecule has 0 atom stereocenters. The van der Waals surface area contributed by atoms with E-state index in [-0.39, 0.29) is 12.1 Å². The van der Waals surface area contributed by atoms with Crippen LogP contribution in [-0.4, -0.2) is 12.1 Å². The maximum Gasteiger partial charge on any atom is 0.333 e. The first-order valence-electron chi connectivity index (χ1n) is 4.45. The van der Waals surface area contributed by atoms with Crippen LogP contribution in [0.2, 0.25) is 0 Å². The molecule has 0 fully saturated rings. The summed E-state index contributed by atoms with van der Waals surface area (Å²) in [5.41, 5.74) is 0.713. The molecule has 0 N–H and O–H groups in total. The molecule has 0 spiro atoms. The Kier molecular flexibility index (Phi) is 5.43. The van der Waals surface area contributed by atoms with Crippen LogP contribution in [0.1, 0.15) is 40.5 Å². The van der Waals surface area contributed by atoms with Gasteiger partial charge in [0.15, 0.2) is 0 Å². The number of esters is 1. The molecular weight excluding hydrogens is 152 g/mol. The van der Waals surface area contributed by atoms with Crippen molar-refractivity contribution in [3.05, 3.63) is 11.6 Å². The van der Waals surface area contributed by atoms with Crippen molar-refractivity contribution in [2.75, 3.05) is 0 Å². The lowest BCUT2D eigenvalue weighted by atomic mass is 10.2. The fourth-order valence-electron chi connectivity index (χ4n) is 0.751. The van der Waals surface area contributed by atoms with Crippen molar-refractivity contribution in [1.82, 2.24) is 0 Å². The van der Waals surface area contributed by atoms with Crippen LogP contribution in [0.15, 0.2) is 11.6 Å². The van der Waals surface area contributed by atoms with Gasteiger partial charge in [0.05, 0.1) is 6.10 Å². The minimum atomic E-state index is -0.196. The van der Waals surface area contributed by atoms with Gasteiger partial charge in [-0.2, -0.15) is 0 Å². The Bertz CT molecular complexity index is 169. The molecule has 2 heteroatoms. The summed E-state index contributed by atoms with van der Waals surface area (Å²) in [4.78, 5) is 11.2. The van der Waals surface area contributed by atoms with Gasteiger partial charge in [0.2, 0.25) is 0 Å². The van der Waals surface area contributed by atoms with E-state index in [1.54, 1.807) is 6.92 Å². The van der Waals surface area contributed by atoms with Gasteiger partial charge in [0.25, 0.3) is 0 Å². The summed E-state index contributed by atoms with van der Waals surface area (Å²) in [5.74, 6) is -0.196. The third kappa shape index (κ3) is 4.94. The van der Waals surface area contributed by atoms with Gasteiger partial charge >= 0.3 is 5.97 Å². The summed E-state index contributed by atoms with van der Waals surface area (Å²) >= 11 is 0. The molecule has 0 radical (unpaired) electrons. The first-order valence-corrected chi connectivity index (χ1v) is 4.45. The number of carbonyl (C=O) groups excluding carboxylic acids is 1. The molecule has 0 amide bonds. The smallest absolute Gasteiger partial charge is 0.333 e. The summed E-state index contributed by atoms with van der Waals surface area (Å²) < 4.78 is 5.00. The fraction of sp³-hybridized carbons (Fsp3) is 0.700. The maximum atomic E-state index is 11.2. The minimum absolute atomic E-state index is 0.0255. The Labute approximate surface area is 74.6 Å². The van der Waals surface area contributed by atoms with Crippen molar-refractivity contribution in [2.45, 2.75) is 46.6 Å². The molecule has 70 valence electrons. The third-order valence-corrected chi connectivity index (χ3v) is 1.40. The molecule has 0 aromatic carbocycles. The lowest BCUT2D eigenvalue weighted by molar-refractivity contribution is -0.142. The van der Waals surface area contributed by atoms with Crippen LogP contribution >= 0.6 is 0 Å². The van der Waals surface area contributed by atoms with Crippen LogP contribution < -0.4 is 0 Å². The molecule has 0 heterocycles. The van der Waals surface area contributed by atoms with Gasteiger partial charge in [-0.3, -0.25) is 0 Å². The second-order valence-electron chi connectivity index (χ2n) is 3.13. The number of unbranched alkanes of at least 4 members (excludes halogenated alkanes) is 1. The molecule has 0 saturated carbocycles. The molecule has 0 aromatic rings. The average molecular weight is 170 g/mol. The highest BCUT2D eigenvalue weighted by molar-refractivity contribution is 5.87. The van der Waals surface area contributed by atoms with E-state index in [0.29, 0.717) is 5.57 Å². The number of hydrogen-bond acceptors (Lipinski definition) is 2. The zero-order valence-corrected chi connectivity index (χ0v) is 8.39. The molecule has 0 aliphatic rings. The van der Waals surface area contributed by atoms with Crippen molar-refractivity contribution in [3.8, 4) is 0 Å². The van der Waals surface area contributed by atoms with Crippen LogP contribution in [0.3, 0.4) is 0 Å². The van der Waals surface area contributed by atoms with Crippen LogP contribution in [0.5, 0.6) is 0 Å². The normalized spacial score (nSPS) is 11.9. The number of carbonyl (C=O) groups is 1. The molecule has 0 bridgehead atoms. The molecule has 0 aromatic heterocycles. The van der Waals surface area contributed by atoms with E-state index in [0.717, 1.165) is 12.8 Å². The largest absolute Gasteiger partial charge is 0.460 e. The molecule has 0 aliphatic carbocycles. The number of allylic oxidation sites excluding steroid dienone is 1. The lowest BCUT2D eigenvalue weighted by Gasteiger charge is -2.07. The monoisotopic (exact) mass is 170 g/mol. The average Bonchev–Trinajstić information content (AvgIpc) is 1.98. The predicted octanol–water partition coefficient (Wildman–Crippen LogP) is 2.68. The van der Waals surface area contributed by atoms with Crippen molar-refractivity contribution in [2.24, 2.45) is 0 Å². The highest BCUT2D eigenvalue weighted by Crippen LogP contribution is 2.02. The Morgan fingerprint density at radius 3 is 2.50 bits per heavy atom. The summed E-state index contributed by atoms with van der Waals surface area (Å²) in [6, 6.07) is 0. The van der Waals surface area contributed by atoms with Gasteiger partial charge in [-0.25, -0.2) is 4.79 Å². The SMILES string of the molecule is CCCC=C(C)C(=O)OC(C)C. The summed E-state index contributed by atoms with van der Waals surface area (Å²) in [5, 5.41) is 0. The molecule has 2 nitrogen and oxygen atoms in total. The Balaban J connectivity index is 3.92. The maximum absolute atomic E-state index is 11.2. The molecule has 0 unspecified atom stereocenters. The predicted molar refractivity (Wildman–Crippen MR) is 49.9 cm³/mol. The van der Waals surface area contributed by atoms with Gasteiger partial charge in [0.1, 0.15) is 0 Å². The Hall–Kier alpha value is -0.790. The van der Waals surface area contributed by atoms with Crippen molar-refractivity contribution in [1.29, 1.82) is 0 Å². The number of hydrogen-bond donors (Lipinski definition) is 0. The zero-order valence-electron chi connectivity index (χ0n) is 8.39. The standard InChI is InChI=1S/C10H18O2/c1-5-6-7-9(4)10(11)12-8(2)3/h7-8H,5-6H2,1-4H3. The summed E-state index contributed by atoms with van der Waals surface area (Å²) in [6.07, 6.45) is 3.90. The van der Waals surface area contributed by atoms with Crippen LogP contribution in [-0.2, 0) is 9.53 Å². The molecule has 0 aliphatic heterocycles. The lowest BCUT2D eigenvalue weighted by Crippen LogP contribution is -2.12. The Morgan fingerprint density at radius 1 is 1.50 bits per heavy atom. The fourth-order valence-corrected chi connectivity index (χ4v) is 0.751. The van der Waals surface area contributed by atoms with Gasteiger partial charge in [-0.15, -0.1) is 0 Å². The van der Waals surface area contributed by atoms with Crippen molar-refractivity contribution in [3.63, 3.8) is 0 Å². The van der Waals surface area contributed by atoms with E-state index in [2.05, 4.69) is 6.92 Å². The highest BCUT2D eigenvalue weighted by atomic mass is 16.5. The van der Waals surface area contributed by atoms with E-state index in [1.165, 1.54) is 0 Å². The van der Waals surface area contributed by atoms with Crippen LogP contribution in [0.4, 0.5) is 0 Å². The highest BCUT2D eigenvalue weighted by Gasteiger charge is 2.06. The van der Waals surface area contributed by atoms with Gasteiger partial charge in [-0.1, -0.05) is 19.4 Å². The second-order valence-corrected chi connectivity index (χ2v) is 3.13. The number of ether oxygens (including phenoxy) is 1. The van der Waals surface area contributed by atoms with E-state index in [9.17, 15) is 4.79 Å². The van der Waals surface area contributed by atoms with E-state index < -0.39 is 0 Å². The summed E-state index contributed by atoms with van der Waals surface area (Å²) in [6.45, 7) is 7.58. The molecule has 0 rings (SSSR count). The minimum Gasteiger partial charge on any atom is -0.460 e. The second kappa shape index (κ2) is 5.81. The van der Waals surface area contributed by atoms with Crippen LogP contribution in [0.25, 0.3) is 0 Å². The third-order valence-electron chi connectivity index (χ3n) is 1.40. The number of rotatable bonds is 4. The van der Waals surface area contributed by atoms with Gasteiger partial charge in [0, 0.05) is 5.57 Å². The van der Waals surface area contributed by atoms with Crippen LogP contribution in [0, 0.1) is 0 Å².